The van der Waals surface area contributed by atoms with Crippen molar-refractivity contribution in [2.24, 2.45) is 0 Å². The first-order valence-electron chi connectivity index (χ1n) is 5.95. The number of hydrogen-bond acceptors (Lipinski definition) is 4. The Kier molecular flexibility index (Phi) is 5.97. The van der Waals surface area contributed by atoms with E-state index in [1.54, 1.807) is 6.07 Å². The fraction of sp³-hybridized carbons (Fsp3) is 0.385. The van der Waals surface area contributed by atoms with Gasteiger partial charge < -0.3 is 20.0 Å². The molecule has 20 heavy (non-hydrogen) atoms. The summed E-state index contributed by atoms with van der Waals surface area (Å²) in [5.41, 5.74) is 0.0828. The number of hydrogen-bond donors (Lipinski definition) is 2. The highest BCUT2D eigenvalue weighted by molar-refractivity contribution is 9.10. The molecule has 1 amide bonds. The lowest BCUT2D eigenvalue weighted by Crippen LogP contribution is -2.40. The number of benzene rings is 1. The molecule has 110 valence electrons. The maximum atomic E-state index is 12.3. The van der Waals surface area contributed by atoms with E-state index in [0.717, 1.165) is 0 Å². The Morgan fingerprint density at radius 1 is 1.25 bits per heavy atom. The summed E-state index contributed by atoms with van der Waals surface area (Å²) in [5, 5.41) is 18.6. The van der Waals surface area contributed by atoms with Crippen molar-refractivity contribution >= 4 is 27.8 Å². The van der Waals surface area contributed by atoms with Crippen molar-refractivity contribution in [1.29, 1.82) is 0 Å². The first kappa shape index (κ1) is 16.5. The molecule has 0 atom stereocenters. The molecule has 0 spiro atoms. The van der Waals surface area contributed by atoms with E-state index in [9.17, 15) is 14.7 Å². The zero-order valence-electron chi connectivity index (χ0n) is 11.3. The number of rotatable bonds is 6. The molecule has 0 aliphatic rings. The molecular weight excluding hydrogens is 328 g/mol. The Bertz CT molecular complexity index is 505. The highest BCUT2D eigenvalue weighted by Gasteiger charge is 2.21. The molecular formula is C13H17BrN2O4. The molecule has 7 heteroatoms. The van der Waals surface area contributed by atoms with E-state index in [1.165, 1.54) is 17.0 Å². The molecule has 0 fully saturated rings. The summed E-state index contributed by atoms with van der Waals surface area (Å²) >= 11 is 3.22. The van der Waals surface area contributed by atoms with E-state index in [0.29, 0.717) is 11.0 Å². The van der Waals surface area contributed by atoms with Crippen LogP contribution in [0.15, 0.2) is 22.7 Å². The minimum absolute atomic E-state index is 0.0828. The van der Waals surface area contributed by atoms with Crippen LogP contribution in [0.25, 0.3) is 0 Å². The van der Waals surface area contributed by atoms with E-state index in [-0.39, 0.29) is 17.9 Å². The Morgan fingerprint density at radius 3 is 2.45 bits per heavy atom. The largest absolute Gasteiger partial charge is 0.507 e. The normalized spacial score (nSPS) is 10.6. The molecule has 0 saturated carbocycles. The number of phenolic OH excluding ortho intramolecular Hbond substituents is 1. The van der Waals surface area contributed by atoms with Crippen molar-refractivity contribution in [3.8, 4) is 5.75 Å². The Balaban J connectivity index is 2.96. The Hall–Kier alpha value is -1.60. The van der Waals surface area contributed by atoms with Gasteiger partial charge in [0.1, 0.15) is 12.3 Å². The molecule has 0 bridgehead atoms. The van der Waals surface area contributed by atoms with Crippen LogP contribution in [0.2, 0.25) is 0 Å². The number of halogens is 1. The fourth-order valence-corrected chi connectivity index (χ4v) is 1.95. The van der Waals surface area contributed by atoms with Crippen molar-refractivity contribution in [1.82, 2.24) is 9.80 Å². The summed E-state index contributed by atoms with van der Waals surface area (Å²) in [5.74, 6) is -1.77. The van der Waals surface area contributed by atoms with Gasteiger partial charge >= 0.3 is 5.97 Å². The average molecular weight is 345 g/mol. The summed E-state index contributed by atoms with van der Waals surface area (Å²) in [4.78, 5) is 26.2. The van der Waals surface area contributed by atoms with Crippen LogP contribution in [0.3, 0.4) is 0 Å². The third-order valence-electron chi connectivity index (χ3n) is 2.62. The second-order valence-electron chi connectivity index (χ2n) is 4.59. The van der Waals surface area contributed by atoms with E-state index >= 15 is 0 Å². The number of carbonyl (C=O) groups excluding carboxylic acids is 1. The first-order valence-corrected chi connectivity index (χ1v) is 6.75. The standard InChI is InChI=1S/C13H17BrN2O4/c1-15(2)5-6-16(8-12(18)19)13(20)10-7-9(14)3-4-11(10)17/h3-4,7,17H,5-6,8H2,1-2H3,(H,18,19). The van der Waals surface area contributed by atoms with Crippen LogP contribution in [0, 0.1) is 0 Å². The summed E-state index contributed by atoms with van der Waals surface area (Å²) in [6, 6.07) is 4.47. The maximum Gasteiger partial charge on any atom is 0.323 e. The smallest absolute Gasteiger partial charge is 0.323 e. The van der Waals surface area contributed by atoms with Gasteiger partial charge in [-0.05, 0) is 32.3 Å². The van der Waals surface area contributed by atoms with Gasteiger partial charge in [-0.3, -0.25) is 9.59 Å². The molecule has 2 N–H and O–H groups in total. The van der Waals surface area contributed by atoms with Crippen LogP contribution in [-0.4, -0.2) is 65.6 Å². The number of aromatic hydroxyl groups is 1. The van der Waals surface area contributed by atoms with Crippen LogP contribution in [-0.2, 0) is 4.79 Å². The minimum Gasteiger partial charge on any atom is -0.507 e. The predicted octanol–water partition coefficient (Wildman–Crippen LogP) is 1.24. The van der Waals surface area contributed by atoms with E-state index < -0.39 is 18.4 Å². The predicted molar refractivity (Wildman–Crippen MR) is 77.9 cm³/mol. The molecule has 0 aromatic heterocycles. The van der Waals surface area contributed by atoms with Gasteiger partial charge in [-0.15, -0.1) is 0 Å². The zero-order valence-corrected chi connectivity index (χ0v) is 12.9. The maximum absolute atomic E-state index is 12.3. The highest BCUT2D eigenvalue weighted by atomic mass is 79.9. The SMILES string of the molecule is CN(C)CCN(CC(=O)O)C(=O)c1cc(Br)ccc1O. The van der Waals surface area contributed by atoms with Gasteiger partial charge in [-0.2, -0.15) is 0 Å². The zero-order chi connectivity index (χ0) is 15.3. The van der Waals surface area contributed by atoms with Crippen LogP contribution in [0.1, 0.15) is 10.4 Å². The van der Waals surface area contributed by atoms with Gasteiger partial charge in [0.15, 0.2) is 0 Å². The first-order chi connectivity index (χ1) is 9.31. The molecule has 0 aliphatic heterocycles. The van der Waals surface area contributed by atoms with Gasteiger partial charge in [0.2, 0.25) is 0 Å². The topological polar surface area (TPSA) is 81.1 Å². The van der Waals surface area contributed by atoms with Crippen molar-refractivity contribution in [3.63, 3.8) is 0 Å². The van der Waals surface area contributed by atoms with Crippen LogP contribution >= 0.6 is 15.9 Å². The van der Waals surface area contributed by atoms with Gasteiger partial charge in [-0.1, -0.05) is 15.9 Å². The summed E-state index contributed by atoms with van der Waals surface area (Å²) in [6.07, 6.45) is 0. The molecule has 0 saturated heterocycles. The minimum atomic E-state index is -1.09. The Morgan fingerprint density at radius 2 is 1.90 bits per heavy atom. The molecule has 1 aromatic rings. The third kappa shape index (κ3) is 4.82. The van der Waals surface area contributed by atoms with Crippen molar-refractivity contribution in [2.45, 2.75) is 0 Å². The quantitative estimate of drug-likeness (QED) is 0.811. The number of likely N-dealkylation sites (N-methyl/N-ethyl adjacent to an activating group) is 1. The fourth-order valence-electron chi connectivity index (χ4n) is 1.59. The lowest BCUT2D eigenvalue weighted by atomic mass is 10.1. The molecule has 1 rings (SSSR count). The summed E-state index contributed by atoms with van der Waals surface area (Å²) in [7, 11) is 3.67. The van der Waals surface area contributed by atoms with Gasteiger partial charge in [0, 0.05) is 17.6 Å². The number of carbonyl (C=O) groups is 2. The monoisotopic (exact) mass is 344 g/mol. The van der Waals surface area contributed by atoms with Gasteiger partial charge in [0.05, 0.1) is 5.56 Å². The van der Waals surface area contributed by atoms with Crippen molar-refractivity contribution in [2.75, 3.05) is 33.7 Å². The van der Waals surface area contributed by atoms with Gasteiger partial charge in [-0.25, -0.2) is 0 Å². The van der Waals surface area contributed by atoms with Crippen LogP contribution in [0.5, 0.6) is 5.75 Å². The van der Waals surface area contributed by atoms with E-state index in [2.05, 4.69) is 15.9 Å². The van der Waals surface area contributed by atoms with E-state index in [1.807, 2.05) is 19.0 Å². The second kappa shape index (κ2) is 7.25. The number of nitrogens with zero attached hydrogens (tertiary/aromatic N) is 2. The third-order valence-corrected chi connectivity index (χ3v) is 3.11. The summed E-state index contributed by atoms with van der Waals surface area (Å²) in [6.45, 7) is 0.399. The van der Waals surface area contributed by atoms with Crippen LogP contribution in [0.4, 0.5) is 0 Å². The molecule has 0 heterocycles. The number of phenols is 1. The number of carboxylic acids is 1. The van der Waals surface area contributed by atoms with E-state index in [4.69, 9.17) is 5.11 Å². The van der Waals surface area contributed by atoms with Crippen LogP contribution < -0.4 is 0 Å². The lowest BCUT2D eigenvalue weighted by Gasteiger charge is -2.23. The van der Waals surface area contributed by atoms with Gasteiger partial charge in [0.25, 0.3) is 5.91 Å². The molecule has 0 unspecified atom stereocenters. The Labute approximate surface area is 125 Å². The number of aliphatic carboxylic acids is 1. The highest BCUT2D eigenvalue weighted by Crippen LogP contribution is 2.23. The lowest BCUT2D eigenvalue weighted by molar-refractivity contribution is -0.137. The molecule has 0 aliphatic carbocycles. The number of amides is 1. The molecule has 0 radical (unpaired) electrons. The summed E-state index contributed by atoms with van der Waals surface area (Å²) < 4.78 is 0.640. The van der Waals surface area contributed by atoms with Crippen molar-refractivity contribution in [3.05, 3.63) is 28.2 Å². The van der Waals surface area contributed by atoms with Crippen molar-refractivity contribution < 1.29 is 19.8 Å². The average Bonchev–Trinajstić information content (AvgIpc) is 2.36. The molecule has 6 nitrogen and oxygen atoms in total. The number of carboxylic acid groups (broad SMARTS) is 1. The molecule has 1 aromatic carbocycles. The second-order valence-corrected chi connectivity index (χ2v) is 5.50.